The van der Waals surface area contributed by atoms with Crippen molar-refractivity contribution in [2.45, 2.75) is 39.8 Å². The standard InChI is InChI=1S/C19H22N2O/c1-5-21-16-9-7-6-8-14(16)15-12-13(10-11-17(15)21)18(22)20-19(2,3)4/h6-12H,5H2,1-4H3,(H,20,22). The van der Waals surface area contributed by atoms with E-state index >= 15 is 0 Å². The van der Waals surface area contributed by atoms with Gasteiger partial charge in [0.05, 0.1) is 0 Å². The minimum absolute atomic E-state index is 0.0253. The quantitative estimate of drug-likeness (QED) is 0.749. The number of nitrogens with one attached hydrogen (secondary N) is 1. The Kier molecular flexibility index (Phi) is 3.44. The van der Waals surface area contributed by atoms with Crippen molar-refractivity contribution in [2.75, 3.05) is 0 Å². The third-order valence-corrected chi connectivity index (χ3v) is 3.84. The minimum atomic E-state index is -0.233. The Morgan fingerprint density at radius 3 is 2.41 bits per heavy atom. The Hall–Kier alpha value is -2.29. The summed E-state index contributed by atoms with van der Waals surface area (Å²) < 4.78 is 2.29. The number of carbonyl (C=O) groups is 1. The van der Waals surface area contributed by atoms with Crippen LogP contribution in [0.4, 0.5) is 0 Å². The molecule has 0 bridgehead atoms. The normalized spacial score (nSPS) is 12.0. The first-order valence-corrected chi connectivity index (χ1v) is 7.74. The third-order valence-electron chi connectivity index (χ3n) is 3.84. The van der Waals surface area contributed by atoms with Gasteiger partial charge in [0.1, 0.15) is 0 Å². The SMILES string of the molecule is CCn1c2ccccc2c2cc(C(=O)NC(C)(C)C)ccc21. The first-order valence-electron chi connectivity index (χ1n) is 7.74. The molecule has 3 rings (SSSR count). The lowest BCUT2D eigenvalue weighted by atomic mass is 10.1. The molecule has 0 aliphatic rings. The fourth-order valence-corrected chi connectivity index (χ4v) is 2.95. The Balaban J connectivity index is 2.18. The molecule has 22 heavy (non-hydrogen) atoms. The number of carbonyl (C=O) groups excluding carboxylic acids is 1. The average molecular weight is 294 g/mol. The second-order valence-electron chi connectivity index (χ2n) is 6.70. The van der Waals surface area contributed by atoms with Crippen LogP contribution < -0.4 is 5.32 Å². The van der Waals surface area contributed by atoms with Gasteiger partial charge in [0.2, 0.25) is 0 Å². The number of para-hydroxylation sites is 1. The number of amides is 1. The van der Waals surface area contributed by atoms with E-state index in [1.165, 1.54) is 16.4 Å². The number of benzene rings is 2. The molecular weight excluding hydrogens is 272 g/mol. The molecule has 0 saturated carbocycles. The van der Waals surface area contributed by atoms with Gasteiger partial charge in [0, 0.05) is 39.5 Å². The summed E-state index contributed by atoms with van der Waals surface area (Å²) in [6, 6.07) is 14.3. The van der Waals surface area contributed by atoms with Gasteiger partial charge in [0.25, 0.3) is 5.91 Å². The molecule has 1 amide bonds. The van der Waals surface area contributed by atoms with E-state index in [0.29, 0.717) is 5.56 Å². The van der Waals surface area contributed by atoms with Gasteiger partial charge in [0.15, 0.2) is 0 Å². The molecule has 0 saturated heterocycles. The molecular formula is C19H22N2O. The van der Waals surface area contributed by atoms with E-state index < -0.39 is 0 Å². The molecule has 3 heteroatoms. The number of aromatic nitrogens is 1. The van der Waals surface area contributed by atoms with Crippen LogP contribution in [0.25, 0.3) is 21.8 Å². The molecule has 1 N–H and O–H groups in total. The number of hydrogen-bond acceptors (Lipinski definition) is 1. The van der Waals surface area contributed by atoms with Gasteiger partial charge >= 0.3 is 0 Å². The summed E-state index contributed by atoms with van der Waals surface area (Å²) in [5, 5.41) is 5.36. The predicted molar refractivity (Wildman–Crippen MR) is 92.3 cm³/mol. The third kappa shape index (κ3) is 2.47. The fraction of sp³-hybridized carbons (Fsp3) is 0.316. The van der Waals surface area contributed by atoms with Gasteiger partial charge in [-0.1, -0.05) is 18.2 Å². The predicted octanol–water partition coefficient (Wildman–Crippen LogP) is 4.34. The van der Waals surface area contributed by atoms with Crippen molar-refractivity contribution < 1.29 is 4.79 Å². The summed E-state index contributed by atoms with van der Waals surface area (Å²) >= 11 is 0. The zero-order chi connectivity index (χ0) is 15.9. The number of aryl methyl sites for hydroxylation is 1. The molecule has 0 aliphatic carbocycles. The Morgan fingerprint density at radius 1 is 1.05 bits per heavy atom. The highest BCUT2D eigenvalue weighted by atomic mass is 16.1. The molecule has 1 heterocycles. The Morgan fingerprint density at radius 2 is 1.73 bits per heavy atom. The van der Waals surface area contributed by atoms with Gasteiger partial charge in [-0.25, -0.2) is 0 Å². The van der Waals surface area contributed by atoms with Crippen LogP contribution in [0.3, 0.4) is 0 Å². The van der Waals surface area contributed by atoms with Crippen LogP contribution in [0.2, 0.25) is 0 Å². The number of rotatable bonds is 2. The molecule has 1 aromatic heterocycles. The summed E-state index contributed by atoms with van der Waals surface area (Å²) in [5.41, 5.74) is 2.87. The minimum Gasteiger partial charge on any atom is -0.347 e. The fourth-order valence-electron chi connectivity index (χ4n) is 2.95. The lowest BCUT2D eigenvalue weighted by Gasteiger charge is -2.20. The van der Waals surface area contributed by atoms with Crippen molar-refractivity contribution in [3.63, 3.8) is 0 Å². The molecule has 0 atom stereocenters. The molecule has 0 unspecified atom stereocenters. The van der Waals surface area contributed by atoms with Gasteiger partial charge < -0.3 is 9.88 Å². The van der Waals surface area contributed by atoms with Crippen molar-refractivity contribution >= 4 is 27.7 Å². The summed E-state index contributed by atoms with van der Waals surface area (Å²) in [5.74, 6) is -0.0253. The van der Waals surface area contributed by atoms with Crippen molar-refractivity contribution in [3.8, 4) is 0 Å². The highest BCUT2D eigenvalue weighted by Gasteiger charge is 2.17. The molecule has 2 aromatic carbocycles. The van der Waals surface area contributed by atoms with Gasteiger partial charge in [-0.2, -0.15) is 0 Å². The second kappa shape index (κ2) is 5.16. The van der Waals surface area contributed by atoms with Gasteiger partial charge in [-0.15, -0.1) is 0 Å². The lowest BCUT2D eigenvalue weighted by Crippen LogP contribution is -2.40. The van der Waals surface area contributed by atoms with Crippen LogP contribution in [0.5, 0.6) is 0 Å². The van der Waals surface area contributed by atoms with E-state index in [1.54, 1.807) is 0 Å². The number of fused-ring (bicyclic) bond motifs is 3. The highest BCUT2D eigenvalue weighted by Crippen LogP contribution is 2.29. The topological polar surface area (TPSA) is 34.0 Å². The van der Waals surface area contributed by atoms with Crippen LogP contribution in [-0.2, 0) is 6.54 Å². The summed E-state index contributed by atoms with van der Waals surface area (Å²) in [7, 11) is 0. The Labute approximate surface area is 130 Å². The molecule has 114 valence electrons. The van der Waals surface area contributed by atoms with E-state index in [1.807, 2.05) is 39.0 Å². The molecule has 0 aliphatic heterocycles. The first-order chi connectivity index (χ1) is 10.4. The molecule has 3 nitrogen and oxygen atoms in total. The van der Waals surface area contributed by atoms with Gasteiger partial charge in [-0.3, -0.25) is 4.79 Å². The highest BCUT2D eigenvalue weighted by molar-refractivity contribution is 6.10. The van der Waals surface area contributed by atoms with E-state index in [2.05, 4.69) is 41.1 Å². The van der Waals surface area contributed by atoms with E-state index in [4.69, 9.17) is 0 Å². The Bertz CT molecular complexity index is 853. The molecule has 3 aromatic rings. The molecule has 0 radical (unpaired) electrons. The first kappa shape index (κ1) is 14.6. The molecule has 0 fully saturated rings. The number of nitrogens with zero attached hydrogens (tertiary/aromatic N) is 1. The van der Waals surface area contributed by atoms with Crippen molar-refractivity contribution in [1.29, 1.82) is 0 Å². The molecule has 0 spiro atoms. The van der Waals surface area contributed by atoms with Crippen LogP contribution in [0, 0.1) is 0 Å². The smallest absolute Gasteiger partial charge is 0.251 e. The van der Waals surface area contributed by atoms with E-state index in [-0.39, 0.29) is 11.4 Å². The lowest BCUT2D eigenvalue weighted by molar-refractivity contribution is 0.0919. The van der Waals surface area contributed by atoms with Gasteiger partial charge in [-0.05, 0) is 52.0 Å². The zero-order valence-corrected chi connectivity index (χ0v) is 13.6. The van der Waals surface area contributed by atoms with E-state index in [0.717, 1.165) is 11.9 Å². The van der Waals surface area contributed by atoms with Crippen molar-refractivity contribution in [3.05, 3.63) is 48.0 Å². The zero-order valence-electron chi connectivity index (χ0n) is 13.6. The number of hydrogen-bond donors (Lipinski definition) is 1. The van der Waals surface area contributed by atoms with Crippen LogP contribution >= 0.6 is 0 Å². The average Bonchev–Trinajstić information content (AvgIpc) is 2.78. The maximum atomic E-state index is 12.4. The van der Waals surface area contributed by atoms with E-state index in [9.17, 15) is 4.79 Å². The van der Waals surface area contributed by atoms with Crippen LogP contribution in [-0.4, -0.2) is 16.0 Å². The van der Waals surface area contributed by atoms with Crippen LogP contribution in [0.15, 0.2) is 42.5 Å². The summed E-state index contributed by atoms with van der Waals surface area (Å²) in [6.07, 6.45) is 0. The van der Waals surface area contributed by atoms with Crippen molar-refractivity contribution in [2.24, 2.45) is 0 Å². The summed E-state index contributed by atoms with van der Waals surface area (Å²) in [4.78, 5) is 12.4. The second-order valence-corrected chi connectivity index (χ2v) is 6.70. The maximum Gasteiger partial charge on any atom is 0.251 e. The van der Waals surface area contributed by atoms with Crippen LogP contribution in [0.1, 0.15) is 38.1 Å². The maximum absolute atomic E-state index is 12.4. The summed E-state index contributed by atoms with van der Waals surface area (Å²) in [6.45, 7) is 9.04. The monoisotopic (exact) mass is 294 g/mol. The largest absolute Gasteiger partial charge is 0.347 e. The van der Waals surface area contributed by atoms with Crippen molar-refractivity contribution in [1.82, 2.24) is 9.88 Å².